The van der Waals surface area contributed by atoms with E-state index >= 15 is 4.39 Å². The van der Waals surface area contributed by atoms with Crippen LogP contribution in [0.15, 0.2) is 109 Å². The molecule has 1 aliphatic carbocycles. The molecule has 4 heteroatoms. The van der Waals surface area contributed by atoms with Gasteiger partial charge in [-0.1, -0.05) is 116 Å². The van der Waals surface area contributed by atoms with Crippen molar-refractivity contribution in [1.29, 1.82) is 0 Å². The van der Waals surface area contributed by atoms with E-state index in [4.69, 9.17) is 4.43 Å². The molecule has 6 rings (SSSR count). The van der Waals surface area contributed by atoms with Gasteiger partial charge in [0.05, 0.1) is 12.0 Å². The van der Waals surface area contributed by atoms with Crippen molar-refractivity contribution in [3.05, 3.63) is 126 Å². The van der Waals surface area contributed by atoms with Gasteiger partial charge in [-0.25, -0.2) is 4.39 Å². The predicted molar refractivity (Wildman–Crippen MR) is 149 cm³/mol. The van der Waals surface area contributed by atoms with Gasteiger partial charge in [-0.05, 0) is 52.0 Å². The van der Waals surface area contributed by atoms with Crippen molar-refractivity contribution in [3.63, 3.8) is 0 Å². The maximum atomic E-state index is 15.1. The van der Waals surface area contributed by atoms with Gasteiger partial charge in [0.1, 0.15) is 5.82 Å². The minimum Gasteiger partial charge on any atom is -0.400 e. The maximum absolute atomic E-state index is 15.1. The monoisotopic (exact) mass is 506 g/mol. The molecular formula is C33H31FO2Si. The molecular weight excluding hydrogens is 475 g/mol. The summed E-state index contributed by atoms with van der Waals surface area (Å²) in [4.78, 5) is 14.2. The maximum Gasteiger partial charge on any atom is 0.288 e. The molecule has 0 radical (unpaired) electrons. The summed E-state index contributed by atoms with van der Waals surface area (Å²) in [5.41, 5.74) is 1.61. The quantitative estimate of drug-likeness (QED) is 0.255. The highest BCUT2D eigenvalue weighted by Crippen LogP contribution is 2.41. The summed E-state index contributed by atoms with van der Waals surface area (Å²) < 4.78 is 22.5. The van der Waals surface area contributed by atoms with Gasteiger partial charge < -0.3 is 4.43 Å². The molecule has 2 aliphatic rings. The van der Waals surface area contributed by atoms with Crippen molar-refractivity contribution in [1.82, 2.24) is 0 Å². The minimum absolute atomic E-state index is 0.0627. The third kappa shape index (κ3) is 4.28. The fourth-order valence-electron chi connectivity index (χ4n) is 6.48. The Labute approximate surface area is 219 Å². The molecule has 0 N–H and O–H groups in total. The van der Waals surface area contributed by atoms with Crippen LogP contribution in [-0.4, -0.2) is 20.2 Å². The highest BCUT2D eigenvalue weighted by Gasteiger charge is 2.54. The van der Waals surface area contributed by atoms with Crippen LogP contribution in [0.4, 0.5) is 4.39 Å². The van der Waals surface area contributed by atoms with Crippen LogP contribution in [0.5, 0.6) is 0 Å². The first-order chi connectivity index (χ1) is 18.2. The minimum atomic E-state index is -3.11. The first kappa shape index (κ1) is 24.0. The van der Waals surface area contributed by atoms with Crippen LogP contribution in [-0.2, 0) is 4.43 Å². The van der Waals surface area contributed by atoms with E-state index < -0.39 is 14.2 Å². The number of halogens is 1. The van der Waals surface area contributed by atoms with E-state index in [1.807, 2.05) is 72.8 Å². The average Bonchev–Trinajstić information content (AvgIpc) is 2.98. The number of hydrogen-bond acceptors (Lipinski definition) is 2. The highest BCUT2D eigenvalue weighted by molar-refractivity contribution is 7.07. The average molecular weight is 507 g/mol. The Balaban J connectivity index is 1.63. The molecule has 2 atom stereocenters. The number of fused-ring (bicyclic) bond motifs is 1. The molecule has 0 amide bonds. The molecule has 37 heavy (non-hydrogen) atoms. The van der Waals surface area contributed by atoms with E-state index in [1.54, 1.807) is 6.07 Å². The van der Waals surface area contributed by atoms with E-state index in [0.29, 0.717) is 5.56 Å². The van der Waals surface area contributed by atoms with Crippen LogP contribution in [0.3, 0.4) is 0 Å². The zero-order valence-corrected chi connectivity index (χ0v) is 21.9. The lowest BCUT2D eigenvalue weighted by Crippen LogP contribution is -2.74. The molecule has 0 spiro atoms. The van der Waals surface area contributed by atoms with Gasteiger partial charge in [-0.3, -0.25) is 4.79 Å². The van der Waals surface area contributed by atoms with Crippen LogP contribution in [0, 0.1) is 11.7 Å². The number of carbonyl (C=O) groups excluding carboxylic acids is 1. The van der Waals surface area contributed by atoms with Crippen LogP contribution in [0.2, 0.25) is 0 Å². The van der Waals surface area contributed by atoms with Crippen molar-refractivity contribution in [3.8, 4) is 0 Å². The molecule has 1 heterocycles. The van der Waals surface area contributed by atoms with Gasteiger partial charge >= 0.3 is 0 Å². The standard InChI is InChI=1S/C33H31FO2Si/c34-26-21-22-29-30(23-26)37(27-17-9-3-10-18-27,28-19-11-4-12-20-28)36-33(25-15-7-2-8-16-25)31(29)32(35)24-13-5-1-6-14-24/h1,3-6,9-14,17-23,25,31,33H,2,7-8,15-16H2/t31-,33?/m1/s1. The van der Waals surface area contributed by atoms with Crippen LogP contribution in [0.1, 0.15) is 53.9 Å². The lowest BCUT2D eigenvalue weighted by atomic mass is 9.75. The van der Waals surface area contributed by atoms with Crippen LogP contribution in [0.25, 0.3) is 0 Å². The first-order valence-electron chi connectivity index (χ1n) is 13.4. The normalized spacial score (nSPS) is 21.2. The van der Waals surface area contributed by atoms with E-state index in [2.05, 4.69) is 24.3 Å². The smallest absolute Gasteiger partial charge is 0.288 e. The highest BCUT2D eigenvalue weighted by atomic mass is 28.4. The molecule has 1 unspecified atom stereocenters. The number of carbonyl (C=O) groups is 1. The largest absolute Gasteiger partial charge is 0.400 e. The molecule has 0 saturated heterocycles. The summed E-state index contributed by atoms with van der Waals surface area (Å²) in [6.07, 6.45) is 5.36. The summed E-state index contributed by atoms with van der Waals surface area (Å²) in [6.45, 7) is 0. The molecule has 186 valence electrons. The van der Waals surface area contributed by atoms with Crippen molar-refractivity contribution >= 4 is 29.7 Å². The number of Topliss-reactive ketones (excluding diaryl/α,β-unsaturated/α-hetero) is 1. The molecule has 4 aromatic carbocycles. The number of rotatable bonds is 5. The molecule has 2 nitrogen and oxygen atoms in total. The molecule has 4 aromatic rings. The summed E-state index contributed by atoms with van der Waals surface area (Å²) in [5.74, 6) is -0.418. The lowest BCUT2D eigenvalue weighted by molar-refractivity contribution is 0.0601. The van der Waals surface area contributed by atoms with Gasteiger partial charge in [0, 0.05) is 5.56 Å². The number of ketones is 1. The second-order valence-electron chi connectivity index (χ2n) is 10.3. The lowest BCUT2D eigenvalue weighted by Gasteiger charge is -2.48. The fourth-order valence-corrected chi connectivity index (χ4v) is 10.9. The Morgan fingerprint density at radius 2 is 1.30 bits per heavy atom. The van der Waals surface area contributed by atoms with E-state index in [0.717, 1.165) is 46.8 Å². The Morgan fingerprint density at radius 1 is 0.730 bits per heavy atom. The topological polar surface area (TPSA) is 26.3 Å². The first-order valence-corrected chi connectivity index (χ1v) is 15.3. The van der Waals surface area contributed by atoms with Gasteiger partial charge in [0.2, 0.25) is 0 Å². The molecule has 1 saturated carbocycles. The van der Waals surface area contributed by atoms with E-state index in [1.165, 1.54) is 12.5 Å². The van der Waals surface area contributed by atoms with Crippen molar-refractivity contribution in [2.45, 2.75) is 44.1 Å². The molecule has 1 fully saturated rings. The number of hydrogen-bond donors (Lipinski definition) is 0. The Bertz CT molecular complexity index is 1330. The van der Waals surface area contributed by atoms with E-state index in [9.17, 15) is 4.79 Å². The summed E-state index contributed by atoms with van der Waals surface area (Å²) in [7, 11) is -3.11. The van der Waals surface area contributed by atoms with Crippen LogP contribution < -0.4 is 15.6 Å². The SMILES string of the molecule is O=C(c1ccccc1)[C@H]1c2ccc(F)cc2[Si](c2ccccc2)(c2ccccc2)OC1C1CCCCC1. The Morgan fingerprint density at radius 3 is 1.89 bits per heavy atom. The summed E-state index contributed by atoms with van der Waals surface area (Å²) in [6, 6.07) is 35.2. The van der Waals surface area contributed by atoms with Gasteiger partial charge in [0.15, 0.2) is 5.78 Å². The molecule has 0 aromatic heterocycles. The van der Waals surface area contributed by atoms with E-state index in [-0.39, 0.29) is 23.6 Å². The van der Waals surface area contributed by atoms with Crippen molar-refractivity contribution < 1.29 is 13.6 Å². The predicted octanol–water partition coefficient (Wildman–Crippen LogP) is 5.74. The van der Waals surface area contributed by atoms with Crippen LogP contribution >= 0.6 is 0 Å². The van der Waals surface area contributed by atoms with Crippen molar-refractivity contribution in [2.24, 2.45) is 5.92 Å². The van der Waals surface area contributed by atoms with Gasteiger partial charge in [-0.2, -0.15) is 0 Å². The Hall–Kier alpha value is -3.34. The van der Waals surface area contributed by atoms with Crippen molar-refractivity contribution in [2.75, 3.05) is 0 Å². The zero-order chi connectivity index (χ0) is 25.2. The third-order valence-electron chi connectivity index (χ3n) is 8.19. The fraction of sp³-hybridized carbons (Fsp3) is 0.242. The molecule has 1 aliphatic heterocycles. The summed E-state index contributed by atoms with van der Waals surface area (Å²) >= 11 is 0. The van der Waals surface area contributed by atoms with Gasteiger partial charge in [-0.15, -0.1) is 0 Å². The number of benzene rings is 4. The second-order valence-corrected chi connectivity index (χ2v) is 13.6. The second kappa shape index (κ2) is 10.2. The summed E-state index contributed by atoms with van der Waals surface area (Å²) in [5, 5.41) is 3.02. The zero-order valence-electron chi connectivity index (χ0n) is 20.9. The Kier molecular flexibility index (Phi) is 6.62. The third-order valence-corrected chi connectivity index (χ3v) is 12.3. The molecule has 0 bridgehead atoms. The van der Waals surface area contributed by atoms with Gasteiger partial charge in [0.25, 0.3) is 8.32 Å².